The molecule has 13 nitrogen and oxygen atoms in total. The first-order valence-corrected chi connectivity index (χ1v) is 16.5. The lowest BCUT2D eigenvalue weighted by Gasteiger charge is -2.27. The molecule has 3 amide bonds. The molecule has 0 bridgehead atoms. The van der Waals surface area contributed by atoms with Crippen LogP contribution in [-0.4, -0.2) is 67.8 Å². The second-order valence-corrected chi connectivity index (χ2v) is 13.3. The van der Waals surface area contributed by atoms with Gasteiger partial charge < -0.3 is 26.8 Å². The third-order valence-corrected chi connectivity index (χ3v) is 7.42. The maximum atomic E-state index is 13.4. The molecule has 45 heavy (non-hydrogen) atoms. The molecule has 0 aliphatic heterocycles. The van der Waals surface area contributed by atoms with Crippen molar-refractivity contribution in [2.75, 3.05) is 6.26 Å². The summed E-state index contributed by atoms with van der Waals surface area (Å²) in [5.74, 6) is -2.20. The number of amides is 3. The number of nitrogens with zero attached hydrogens (tertiary/aromatic N) is 3. The van der Waals surface area contributed by atoms with E-state index in [0.29, 0.717) is 6.54 Å². The van der Waals surface area contributed by atoms with Crippen LogP contribution in [0.25, 0.3) is 10.4 Å². The number of benzene rings is 2. The first kappa shape index (κ1) is 37.0. The standard InChI is InChI=1S/C31H43N7O6S/c1-20(2)16-26(35-30(41)27(37-38-33)18-22-8-6-5-7-9-22)29(40)36-28(21(3)39)31(42)34-25(14-15-45(4,43)44)17-23-10-12-24(19-32)13-11-23/h5-15,20-21,25-28,39H,16-19,32H2,1-4H3,(H,34,42)(H,35,41)(H,36,40). The highest BCUT2D eigenvalue weighted by Gasteiger charge is 2.32. The smallest absolute Gasteiger partial charge is 0.245 e. The summed E-state index contributed by atoms with van der Waals surface area (Å²) < 4.78 is 23.6. The van der Waals surface area contributed by atoms with Crippen molar-refractivity contribution >= 4 is 27.6 Å². The highest BCUT2D eigenvalue weighted by molar-refractivity contribution is 7.93. The van der Waals surface area contributed by atoms with E-state index in [1.54, 1.807) is 24.3 Å². The number of aliphatic hydroxyl groups excluding tert-OH is 1. The third-order valence-electron chi connectivity index (χ3n) is 6.77. The van der Waals surface area contributed by atoms with Gasteiger partial charge in [-0.25, -0.2) is 8.42 Å². The normalized spacial score (nSPS) is 14.9. The van der Waals surface area contributed by atoms with E-state index in [9.17, 15) is 27.9 Å². The Morgan fingerprint density at radius 1 is 0.911 bits per heavy atom. The molecule has 2 aromatic rings. The number of sulfone groups is 1. The second kappa shape index (κ2) is 17.9. The first-order valence-electron chi connectivity index (χ1n) is 14.6. The summed E-state index contributed by atoms with van der Waals surface area (Å²) in [5, 5.41) is 22.9. The summed E-state index contributed by atoms with van der Waals surface area (Å²) in [5.41, 5.74) is 17.2. The summed E-state index contributed by atoms with van der Waals surface area (Å²) in [6, 6.07) is 11.7. The number of carbonyl (C=O) groups excluding carboxylic acids is 3. The Kier molecular flexibility index (Phi) is 14.7. The fourth-order valence-electron chi connectivity index (χ4n) is 4.46. The minimum absolute atomic E-state index is 0.0527. The maximum Gasteiger partial charge on any atom is 0.245 e. The van der Waals surface area contributed by atoms with Gasteiger partial charge in [0.2, 0.25) is 17.7 Å². The van der Waals surface area contributed by atoms with Gasteiger partial charge in [-0.05, 0) is 54.3 Å². The van der Waals surface area contributed by atoms with Gasteiger partial charge in [-0.15, -0.1) is 0 Å². The molecule has 0 aliphatic rings. The number of aliphatic hydroxyl groups is 1. The predicted molar refractivity (Wildman–Crippen MR) is 172 cm³/mol. The molecule has 0 fully saturated rings. The first-order chi connectivity index (χ1) is 21.2. The molecule has 0 radical (unpaired) electrons. The van der Waals surface area contributed by atoms with Crippen molar-refractivity contribution in [1.29, 1.82) is 0 Å². The van der Waals surface area contributed by atoms with Gasteiger partial charge in [0.15, 0.2) is 9.84 Å². The number of rotatable bonds is 17. The lowest BCUT2D eigenvalue weighted by molar-refractivity contribution is -0.134. The van der Waals surface area contributed by atoms with Gasteiger partial charge in [0.05, 0.1) is 12.1 Å². The maximum absolute atomic E-state index is 13.4. The van der Waals surface area contributed by atoms with Crippen molar-refractivity contribution in [2.45, 2.75) is 76.8 Å². The molecule has 0 aromatic heterocycles. The molecule has 244 valence electrons. The van der Waals surface area contributed by atoms with Gasteiger partial charge in [-0.1, -0.05) is 79.6 Å². The highest BCUT2D eigenvalue weighted by atomic mass is 32.2. The molecule has 0 spiro atoms. The van der Waals surface area contributed by atoms with E-state index in [0.717, 1.165) is 28.4 Å². The Labute approximate surface area is 264 Å². The van der Waals surface area contributed by atoms with Crippen LogP contribution in [-0.2, 0) is 43.6 Å². The van der Waals surface area contributed by atoms with E-state index in [4.69, 9.17) is 11.3 Å². The van der Waals surface area contributed by atoms with Gasteiger partial charge in [0, 0.05) is 23.1 Å². The topological polar surface area (TPSA) is 216 Å². The van der Waals surface area contributed by atoms with Gasteiger partial charge in [-0.3, -0.25) is 14.4 Å². The predicted octanol–water partition coefficient (Wildman–Crippen LogP) is 2.05. The van der Waals surface area contributed by atoms with Crippen molar-refractivity contribution in [2.24, 2.45) is 16.8 Å². The molecular formula is C31H43N7O6S. The molecule has 5 unspecified atom stereocenters. The molecule has 5 atom stereocenters. The quantitative estimate of drug-likeness (QED) is 0.0983. The van der Waals surface area contributed by atoms with Crippen molar-refractivity contribution in [3.05, 3.63) is 93.2 Å². The summed E-state index contributed by atoms with van der Waals surface area (Å²) in [4.78, 5) is 42.8. The summed E-state index contributed by atoms with van der Waals surface area (Å²) in [6.45, 7) is 5.37. The number of carbonyl (C=O) groups is 3. The molecule has 14 heteroatoms. The summed E-state index contributed by atoms with van der Waals surface area (Å²) in [7, 11) is -3.52. The van der Waals surface area contributed by atoms with E-state index in [-0.39, 0.29) is 25.2 Å². The molecule has 0 saturated heterocycles. The minimum Gasteiger partial charge on any atom is -0.391 e. The zero-order chi connectivity index (χ0) is 33.6. The molecule has 6 N–H and O–H groups in total. The van der Waals surface area contributed by atoms with Crippen molar-refractivity contribution in [3.8, 4) is 0 Å². The van der Waals surface area contributed by atoms with Crippen LogP contribution in [0.2, 0.25) is 0 Å². The van der Waals surface area contributed by atoms with Gasteiger partial charge >= 0.3 is 0 Å². The number of azide groups is 1. The second-order valence-electron chi connectivity index (χ2n) is 11.3. The van der Waals surface area contributed by atoms with E-state index in [1.807, 2.05) is 44.2 Å². The van der Waals surface area contributed by atoms with Crippen LogP contribution in [0, 0.1) is 5.92 Å². The monoisotopic (exact) mass is 641 g/mol. The van der Waals surface area contributed by atoms with Crippen LogP contribution in [0.4, 0.5) is 0 Å². The Balaban J connectivity index is 2.24. The lowest BCUT2D eigenvalue weighted by atomic mass is 10.0. The fraction of sp³-hybridized carbons (Fsp3) is 0.452. The molecule has 2 rings (SSSR count). The molecule has 0 aliphatic carbocycles. The largest absolute Gasteiger partial charge is 0.391 e. The van der Waals surface area contributed by atoms with Crippen molar-refractivity contribution in [3.63, 3.8) is 0 Å². The van der Waals surface area contributed by atoms with Gasteiger partial charge in [0.1, 0.15) is 18.1 Å². The van der Waals surface area contributed by atoms with Crippen LogP contribution in [0.15, 0.2) is 71.2 Å². The van der Waals surface area contributed by atoms with E-state index >= 15 is 0 Å². The third kappa shape index (κ3) is 13.5. The van der Waals surface area contributed by atoms with E-state index in [1.165, 1.54) is 13.0 Å². The van der Waals surface area contributed by atoms with Crippen molar-refractivity contribution in [1.82, 2.24) is 16.0 Å². The molecule has 0 saturated carbocycles. The molecular weight excluding hydrogens is 598 g/mol. The minimum atomic E-state index is -3.52. The molecule has 0 heterocycles. The number of nitrogens with two attached hydrogens (primary N) is 1. The van der Waals surface area contributed by atoms with Crippen LogP contribution in [0.1, 0.15) is 43.9 Å². The van der Waals surface area contributed by atoms with Crippen LogP contribution in [0.5, 0.6) is 0 Å². The number of hydrogen-bond donors (Lipinski definition) is 5. The van der Waals surface area contributed by atoms with Crippen LogP contribution in [0.3, 0.4) is 0 Å². The Hall–Kier alpha value is -4.23. The van der Waals surface area contributed by atoms with Crippen molar-refractivity contribution < 1.29 is 27.9 Å². The SMILES string of the molecule is CC(C)CC(NC(=O)C(Cc1ccccc1)N=[N+]=[N-])C(=O)NC(C(=O)NC(C=CS(C)(=O)=O)Cc1ccc(CN)cc1)C(C)O. The van der Waals surface area contributed by atoms with Crippen LogP contribution < -0.4 is 21.7 Å². The zero-order valence-electron chi connectivity index (χ0n) is 26.0. The van der Waals surface area contributed by atoms with Gasteiger partial charge in [0.25, 0.3) is 0 Å². The Morgan fingerprint density at radius 2 is 1.51 bits per heavy atom. The van der Waals surface area contributed by atoms with E-state index < -0.39 is 57.8 Å². The Bertz CT molecular complexity index is 1460. The number of hydrogen-bond acceptors (Lipinski definition) is 8. The zero-order valence-corrected chi connectivity index (χ0v) is 26.8. The molecule has 2 aromatic carbocycles. The highest BCUT2D eigenvalue weighted by Crippen LogP contribution is 2.12. The van der Waals surface area contributed by atoms with Gasteiger partial charge in [-0.2, -0.15) is 0 Å². The van der Waals surface area contributed by atoms with Crippen LogP contribution >= 0.6 is 0 Å². The Morgan fingerprint density at radius 3 is 2.04 bits per heavy atom. The summed E-state index contributed by atoms with van der Waals surface area (Å²) in [6.07, 6.45) is 1.53. The summed E-state index contributed by atoms with van der Waals surface area (Å²) >= 11 is 0. The average Bonchev–Trinajstić information content (AvgIpc) is 2.98. The number of nitrogens with one attached hydrogen (secondary N) is 3. The fourth-order valence-corrected chi connectivity index (χ4v) is 4.93. The lowest BCUT2D eigenvalue weighted by Crippen LogP contribution is -2.59. The average molecular weight is 642 g/mol. The van der Waals surface area contributed by atoms with E-state index in [2.05, 4.69) is 26.0 Å².